The minimum atomic E-state index is 0.187. The van der Waals surface area contributed by atoms with E-state index in [1.165, 1.54) is 0 Å². The number of ether oxygens (including phenoxy) is 2. The van der Waals surface area contributed by atoms with Crippen molar-refractivity contribution in [3.63, 3.8) is 0 Å². The molecule has 2 atom stereocenters. The molecular formula is C12H25NO2. The highest BCUT2D eigenvalue weighted by atomic mass is 16.5. The standard InChI is InChI=1S/C12H25NO2/c1-9(2)13-6-7-14-12(8-13)11(5)15-10(3)4/h9-12H,6-8H2,1-5H3. The van der Waals surface area contributed by atoms with Gasteiger partial charge in [0.15, 0.2) is 0 Å². The average molecular weight is 215 g/mol. The van der Waals surface area contributed by atoms with E-state index in [4.69, 9.17) is 9.47 Å². The van der Waals surface area contributed by atoms with Crippen molar-refractivity contribution in [2.24, 2.45) is 0 Å². The van der Waals surface area contributed by atoms with Gasteiger partial charge in [-0.15, -0.1) is 0 Å². The molecule has 3 heteroatoms. The molecule has 1 heterocycles. The van der Waals surface area contributed by atoms with Crippen LogP contribution < -0.4 is 0 Å². The molecule has 0 amide bonds. The van der Waals surface area contributed by atoms with Crippen molar-refractivity contribution in [1.29, 1.82) is 0 Å². The summed E-state index contributed by atoms with van der Waals surface area (Å²) in [5.41, 5.74) is 0. The molecule has 0 aromatic rings. The summed E-state index contributed by atoms with van der Waals surface area (Å²) in [5, 5.41) is 0. The van der Waals surface area contributed by atoms with Crippen molar-refractivity contribution in [2.45, 2.75) is 59.0 Å². The maximum atomic E-state index is 5.77. The molecule has 0 spiro atoms. The molecule has 1 rings (SSSR count). The smallest absolute Gasteiger partial charge is 0.0961 e. The van der Waals surface area contributed by atoms with E-state index in [0.717, 1.165) is 19.7 Å². The van der Waals surface area contributed by atoms with Gasteiger partial charge in [-0.1, -0.05) is 0 Å². The molecule has 1 saturated heterocycles. The lowest BCUT2D eigenvalue weighted by Gasteiger charge is -2.38. The molecule has 0 saturated carbocycles. The molecule has 15 heavy (non-hydrogen) atoms. The van der Waals surface area contributed by atoms with Crippen LogP contribution in [0.1, 0.15) is 34.6 Å². The zero-order valence-electron chi connectivity index (χ0n) is 10.7. The van der Waals surface area contributed by atoms with Crippen LogP contribution in [-0.4, -0.2) is 49.0 Å². The summed E-state index contributed by atoms with van der Waals surface area (Å²) in [6.45, 7) is 13.6. The van der Waals surface area contributed by atoms with Gasteiger partial charge in [0.25, 0.3) is 0 Å². The van der Waals surface area contributed by atoms with E-state index < -0.39 is 0 Å². The maximum Gasteiger partial charge on any atom is 0.0961 e. The first-order valence-electron chi connectivity index (χ1n) is 6.01. The average Bonchev–Trinajstić information content (AvgIpc) is 2.17. The van der Waals surface area contributed by atoms with E-state index in [-0.39, 0.29) is 18.3 Å². The molecule has 1 fully saturated rings. The zero-order chi connectivity index (χ0) is 11.4. The Morgan fingerprint density at radius 1 is 1.20 bits per heavy atom. The normalized spacial score (nSPS) is 26.2. The van der Waals surface area contributed by atoms with Gasteiger partial charge in [0.1, 0.15) is 0 Å². The van der Waals surface area contributed by atoms with Crippen LogP contribution in [-0.2, 0) is 9.47 Å². The number of morpholine rings is 1. The minimum absolute atomic E-state index is 0.187. The second kappa shape index (κ2) is 5.83. The fraction of sp³-hybridized carbons (Fsp3) is 1.00. The molecule has 2 unspecified atom stereocenters. The summed E-state index contributed by atoms with van der Waals surface area (Å²) in [4.78, 5) is 2.45. The number of hydrogen-bond acceptors (Lipinski definition) is 3. The topological polar surface area (TPSA) is 21.7 Å². The third-order valence-corrected chi connectivity index (χ3v) is 2.87. The Morgan fingerprint density at radius 2 is 1.87 bits per heavy atom. The van der Waals surface area contributed by atoms with E-state index in [0.29, 0.717) is 6.04 Å². The van der Waals surface area contributed by atoms with Crippen LogP contribution in [0.5, 0.6) is 0 Å². The van der Waals surface area contributed by atoms with Gasteiger partial charge in [-0.25, -0.2) is 0 Å². The quantitative estimate of drug-likeness (QED) is 0.715. The lowest BCUT2D eigenvalue weighted by Crippen LogP contribution is -2.50. The first-order valence-corrected chi connectivity index (χ1v) is 6.01. The van der Waals surface area contributed by atoms with Gasteiger partial charge in [-0.2, -0.15) is 0 Å². The van der Waals surface area contributed by atoms with Crippen molar-refractivity contribution in [3.8, 4) is 0 Å². The first kappa shape index (κ1) is 12.9. The highest BCUT2D eigenvalue weighted by Gasteiger charge is 2.27. The molecule has 3 nitrogen and oxygen atoms in total. The Bertz CT molecular complexity index is 182. The molecule has 90 valence electrons. The van der Waals surface area contributed by atoms with Gasteiger partial charge in [0.05, 0.1) is 24.9 Å². The molecule has 1 aliphatic rings. The molecule has 0 bridgehead atoms. The number of rotatable bonds is 4. The van der Waals surface area contributed by atoms with Crippen LogP contribution in [0.2, 0.25) is 0 Å². The fourth-order valence-corrected chi connectivity index (χ4v) is 1.97. The van der Waals surface area contributed by atoms with Crippen molar-refractivity contribution < 1.29 is 9.47 Å². The second-order valence-corrected chi connectivity index (χ2v) is 4.89. The van der Waals surface area contributed by atoms with Crippen LogP contribution in [0.3, 0.4) is 0 Å². The van der Waals surface area contributed by atoms with Crippen molar-refractivity contribution in [1.82, 2.24) is 4.90 Å². The Hall–Kier alpha value is -0.120. The van der Waals surface area contributed by atoms with Gasteiger partial charge in [0, 0.05) is 19.1 Å². The zero-order valence-corrected chi connectivity index (χ0v) is 10.7. The number of nitrogens with zero attached hydrogens (tertiary/aromatic N) is 1. The summed E-state index contributed by atoms with van der Waals surface area (Å²) in [6, 6.07) is 0.600. The summed E-state index contributed by atoms with van der Waals surface area (Å²) in [7, 11) is 0. The number of hydrogen-bond donors (Lipinski definition) is 0. The van der Waals surface area contributed by atoms with E-state index in [1.54, 1.807) is 0 Å². The lowest BCUT2D eigenvalue weighted by atomic mass is 10.1. The van der Waals surface area contributed by atoms with Crippen molar-refractivity contribution in [3.05, 3.63) is 0 Å². The maximum absolute atomic E-state index is 5.77. The van der Waals surface area contributed by atoms with Gasteiger partial charge < -0.3 is 9.47 Å². The molecule has 0 radical (unpaired) electrons. The summed E-state index contributed by atoms with van der Waals surface area (Å²) < 4.78 is 11.5. The van der Waals surface area contributed by atoms with Crippen LogP contribution in [0.4, 0.5) is 0 Å². The van der Waals surface area contributed by atoms with E-state index in [2.05, 4.69) is 39.5 Å². The lowest BCUT2D eigenvalue weighted by molar-refractivity contribution is -0.122. The van der Waals surface area contributed by atoms with Gasteiger partial charge in [-0.3, -0.25) is 4.90 Å². The molecular weight excluding hydrogens is 190 g/mol. The monoisotopic (exact) mass is 215 g/mol. The Labute approximate surface area is 93.7 Å². The van der Waals surface area contributed by atoms with E-state index in [9.17, 15) is 0 Å². The largest absolute Gasteiger partial charge is 0.373 e. The highest BCUT2D eigenvalue weighted by molar-refractivity contribution is 4.78. The van der Waals surface area contributed by atoms with Crippen molar-refractivity contribution in [2.75, 3.05) is 19.7 Å². The van der Waals surface area contributed by atoms with Crippen LogP contribution in [0.15, 0.2) is 0 Å². The van der Waals surface area contributed by atoms with E-state index in [1.807, 2.05) is 0 Å². The Kier molecular flexibility index (Phi) is 5.03. The first-order chi connectivity index (χ1) is 7.00. The second-order valence-electron chi connectivity index (χ2n) is 4.89. The predicted octanol–water partition coefficient (Wildman–Crippen LogP) is 1.91. The van der Waals surface area contributed by atoms with Gasteiger partial charge in [-0.05, 0) is 34.6 Å². The van der Waals surface area contributed by atoms with Crippen molar-refractivity contribution >= 4 is 0 Å². The minimum Gasteiger partial charge on any atom is -0.373 e. The van der Waals surface area contributed by atoms with E-state index >= 15 is 0 Å². The van der Waals surface area contributed by atoms with Crippen LogP contribution in [0.25, 0.3) is 0 Å². The van der Waals surface area contributed by atoms with Crippen LogP contribution >= 0.6 is 0 Å². The summed E-state index contributed by atoms with van der Waals surface area (Å²) in [5.74, 6) is 0. The van der Waals surface area contributed by atoms with Gasteiger partial charge in [0.2, 0.25) is 0 Å². The summed E-state index contributed by atoms with van der Waals surface area (Å²) >= 11 is 0. The summed E-state index contributed by atoms with van der Waals surface area (Å²) in [6.07, 6.45) is 0.688. The fourth-order valence-electron chi connectivity index (χ4n) is 1.97. The van der Waals surface area contributed by atoms with Gasteiger partial charge >= 0.3 is 0 Å². The molecule has 0 aromatic heterocycles. The molecule has 0 aromatic carbocycles. The molecule has 0 N–H and O–H groups in total. The SMILES string of the molecule is CC(C)OC(C)C1CN(C(C)C)CCO1. The Morgan fingerprint density at radius 3 is 2.40 bits per heavy atom. The predicted molar refractivity (Wildman–Crippen MR) is 62.1 cm³/mol. The third-order valence-electron chi connectivity index (χ3n) is 2.87. The highest BCUT2D eigenvalue weighted by Crippen LogP contribution is 2.14. The third kappa shape index (κ3) is 4.09. The molecule has 1 aliphatic heterocycles. The Balaban J connectivity index is 2.41. The van der Waals surface area contributed by atoms with Crippen LogP contribution in [0, 0.1) is 0 Å². The molecule has 0 aliphatic carbocycles.